The van der Waals surface area contributed by atoms with Crippen molar-refractivity contribution in [2.24, 2.45) is 5.92 Å². The number of alkyl carbamates (subject to hydrolysis) is 1. The first kappa shape index (κ1) is 24.2. The molecule has 1 aromatic rings. The first-order valence-corrected chi connectivity index (χ1v) is 12.8. The minimum Gasteiger partial charge on any atom is -0.544 e. The fourth-order valence-corrected chi connectivity index (χ4v) is 3.32. The summed E-state index contributed by atoms with van der Waals surface area (Å²) in [4.78, 5) is 25.1. The van der Waals surface area contributed by atoms with E-state index in [2.05, 4.69) is 39.2 Å². The van der Waals surface area contributed by atoms with Crippen molar-refractivity contribution in [3.63, 3.8) is 0 Å². The number of carbonyl (C=O) groups is 2. The standard InChI is InChI=1S/C22H37NO4Si/c1-15(2)18(23-20(25)26-21(3,4)5)19(24)16-11-13-17(14-12-16)27-28(9,10)22(6,7)8/h11-15,18H,1-10H3,(H,23,25). The van der Waals surface area contributed by atoms with Gasteiger partial charge in [-0.05, 0) is 69.1 Å². The SMILES string of the molecule is CC(C)C(NC(=O)OC(C)(C)C)C(=O)c1ccc(O[Si](C)(C)C(C)(C)C)cc1. The second-order valence-electron chi connectivity index (χ2n) is 10.1. The smallest absolute Gasteiger partial charge is 0.408 e. The van der Waals surface area contributed by atoms with Gasteiger partial charge < -0.3 is 14.5 Å². The number of ketones is 1. The third kappa shape index (κ3) is 6.97. The average molecular weight is 408 g/mol. The van der Waals surface area contributed by atoms with Gasteiger partial charge in [-0.3, -0.25) is 4.79 Å². The number of hydrogen-bond acceptors (Lipinski definition) is 4. The lowest BCUT2D eigenvalue weighted by Gasteiger charge is -2.36. The lowest BCUT2D eigenvalue weighted by molar-refractivity contribution is 0.0475. The molecule has 0 aromatic heterocycles. The van der Waals surface area contributed by atoms with Crippen molar-refractivity contribution >= 4 is 20.2 Å². The van der Waals surface area contributed by atoms with E-state index in [0.717, 1.165) is 5.75 Å². The minimum absolute atomic E-state index is 0.0665. The number of carbonyl (C=O) groups excluding carboxylic acids is 2. The van der Waals surface area contributed by atoms with E-state index in [1.807, 2.05) is 26.0 Å². The third-order valence-corrected chi connectivity index (χ3v) is 9.30. The molecule has 1 N–H and O–H groups in total. The Morgan fingerprint density at radius 2 is 1.46 bits per heavy atom. The lowest BCUT2D eigenvalue weighted by Crippen LogP contribution is -2.46. The van der Waals surface area contributed by atoms with Crippen LogP contribution in [0.25, 0.3) is 0 Å². The zero-order valence-corrected chi connectivity index (χ0v) is 20.1. The molecule has 0 saturated carbocycles. The van der Waals surface area contributed by atoms with Crippen molar-refractivity contribution in [3.05, 3.63) is 29.8 Å². The summed E-state index contributed by atoms with van der Waals surface area (Å²) in [5.74, 6) is 0.562. The molecule has 1 amide bonds. The summed E-state index contributed by atoms with van der Waals surface area (Å²) in [5, 5.41) is 2.81. The Bertz CT molecular complexity index is 682. The third-order valence-electron chi connectivity index (χ3n) is 4.94. The number of rotatable bonds is 6. The summed E-state index contributed by atoms with van der Waals surface area (Å²) in [7, 11) is -1.93. The maximum absolute atomic E-state index is 12.9. The summed E-state index contributed by atoms with van der Waals surface area (Å²) in [5.41, 5.74) is -0.0745. The van der Waals surface area contributed by atoms with E-state index in [1.54, 1.807) is 32.9 Å². The van der Waals surface area contributed by atoms with E-state index in [1.165, 1.54) is 0 Å². The fraction of sp³-hybridized carbons (Fsp3) is 0.636. The molecule has 6 heteroatoms. The molecule has 0 spiro atoms. The molecule has 0 fully saturated rings. The average Bonchev–Trinajstić information content (AvgIpc) is 2.49. The monoisotopic (exact) mass is 407 g/mol. The van der Waals surface area contributed by atoms with E-state index < -0.39 is 26.1 Å². The minimum atomic E-state index is -1.93. The number of amides is 1. The Kier molecular flexibility index (Phi) is 7.51. The van der Waals surface area contributed by atoms with Gasteiger partial charge in [-0.2, -0.15) is 0 Å². The van der Waals surface area contributed by atoms with Crippen LogP contribution in [0.15, 0.2) is 24.3 Å². The number of benzene rings is 1. The van der Waals surface area contributed by atoms with Crippen molar-refractivity contribution in [1.29, 1.82) is 0 Å². The van der Waals surface area contributed by atoms with Crippen molar-refractivity contribution in [3.8, 4) is 5.75 Å². The molecule has 28 heavy (non-hydrogen) atoms. The molecule has 0 aliphatic carbocycles. The summed E-state index contributed by atoms with van der Waals surface area (Å²) in [6.45, 7) is 20.1. The van der Waals surface area contributed by atoms with Crippen LogP contribution in [-0.2, 0) is 4.74 Å². The zero-order valence-electron chi connectivity index (χ0n) is 19.1. The quantitative estimate of drug-likeness (QED) is 0.478. The van der Waals surface area contributed by atoms with Crippen LogP contribution in [0.5, 0.6) is 5.75 Å². The van der Waals surface area contributed by atoms with Gasteiger partial charge in [0, 0.05) is 5.56 Å². The van der Waals surface area contributed by atoms with Crippen LogP contribution in [0.3, 0.4) is 0 Å². The van der Waals surface area contributed by atoms with E-state index in [9.17, 15) is 9.59 Å². The first-order valence-electron chi connectivity index (χ1n) is 9.86. The molecular formula is C22H37NO4Si. The first-order chi connectivity index (χ1) is 12.5. The van der Waals surface area contributed by atoms with Crippen molar-refractivity contribution in [2.45, 2.75) is 85.2 Å². The molecule has 0 aliphatic rings. The molecule has 1 atom stereocenters. The van der Waals surface area contributed by atoms with E-state index in [0.29, 0.717) is 5.56 Å². The largest absolute Gasteiger partial charge is 0.544 e. The van der Waals surface area contributed by atoms with Crippen LogP contribution >= 0.6 is 0 Å². The van der Waals surface area contributed by atoms with Gasteiger partial charge in [-0.25, -0.2) is 4.79 Å². The molecular weight excluding hydrogens is 370 g/mol. The highest BCUT2D eigenvalue weighted by Crippen LogP contribution is 2.37. The zero-order chi connectivity index (χ0) is 21.9. The lowest BCUT2D eigenvalue weighted by atomic mass is 9.95. The van der Waals surface area contributed by atoms with Gasteiger partial charge >= 0.3 is 6.09 Å². The van der Waals surface area contributed by atoms with Crippen LogP contribution in [0.2, 0.25) is 18.1 Å². The summed E-state index contributed by atoms with van der Waals surface area (Å²) < 4.78 is 11.6. The Morgan fingerprint density at radius 1 is 0.964 bits per heavy atom. The highest BCUT2D eigenvalue weighted by atomic mass is 28.4. The second kappa shape index (κ2) is 8.68. The van der Waals surface area contributed by atoms with Gasteiger partial charge in [0.1, 0.15) is 11.4 Å². The molecule has 0 bridgehead atoms. The number of nitrogens with one attached hydrogen (secondary N) is 1. The Labute approximate surface area is 171 Å². The predicted molar refractivity (Wildman–Crippen MR) is 117 cm³/mol. The highest BCUT2D eigenvalue weighted by molar-refractivity contribution is 6.74. The molecule has 1 rings (SSSR count). The number of Topliss-reactive ketones (excluding diaryl/α,β-unsaturated/α-hetero) is 1. The molecule has 0 aliphatic heterocycles. The van der Waals surface area contributed by atoms with Gasteiger partial charge in [0.05, 0.1) is 6.04 Å². The molecule has 1 aromatic carbocycles. The molecule has 0 radical (unpaired) electrons. The van der Waals surface area contributed by atoms with Crippen LogP contribution in [0.4, 0.5) is 4.79 Å². The van der Waals surface area contributed by atoms with Crippen LogP contribution in [0.1, 0.15) is 65.7 Å². The van der Waals surface area contributed by atoms with Crippen molar-refractivity contribution in [1.82, 2.24) is 5.32 Å². The van der Waals surface area contributed by atoms with Crippen LogP contribution < -0.4 is 9.74 Å². The fourth-order valence-electron chi connectivity index (χ4n) is 2.28. The normalized spacial score (nSPS) is 13.8. The second-order valence-corrected chi connectivity index (χ2v) is 14.8. The van der Waals surface area contributed by atoms with E-state index in [-0.39, 0.29) is 16.7 Å². The van der Waals surface area contributed by atoms with Gasteiger partial charge in [0.25, 0.3) is 0 Å². The van der Waals surface area contributed by atoms with Gasteiger partial charge in [-0.15, -0.1) is 0 Å². The topological polar surface area (TPSA) is 64.6 Å². The maximum atomic E-state index is 12.9. The number of ether oxygens (including phenoxy) is 1. The van der Waals surface area contributed by atoms with Gasteiger partial charge in [0.2, 0.25) is 8.32 Å². The maximum Gasteiger partial charge on any atom is 0.408 e. The molecule has 0 heterocycles. The molecule has 1 unspecified atom stereocenters. The van der Waals surface area contributed by atoms with Crippen LogP contribution in [0, 0.1) is 5.92 Å². The Morgan fingerprint density at radius 3 is 1.86 bits per heavy atom. The van der Waals surface area contributed by atoms with E-state index in [4.69, 9.17) is 9.16 Å². The van der Waals surface area contributed by atoms with Gasteiger partial charge in [-0.1, -0.05) is 34.6 Å². The molecule has 158 valence electrons. The summed E-state index contributed by atoms with van der Waals surface area (Å²) >= 11 is 0. The Balaban J connectivity index is 2.93. The van der Waals surface area contributed by atoms with Crippen molar-refractivity contribution in [2.75, 3.05) is 0 Å². The summed E-state index contributed by atoms with van der Waals surface area (Å²) in [6.07, 6.45) is -0.586. The molecule has 5 nitrogen and oxygen atoms in total. The number of hydrogen-bond donors (Lipinski definition) is 1. The highest BCUT2D eigenvalue weighted by Gasteiger charge is 2.39. The molecule has 0 saturated heterocycles. The van der Waals surface area contributed by atoms with Crippen LogP contribution in [-0.4, -0.2) is 31.8 Å². The Hall–Kier alpha value is -1.82. The van der Waals surface area contributed by atoms with Crippen molar-refractivity contribution < 1.29 is 18.8 Å². The predicted octanol–water partition coefficient (Wildman–Crippen LogP) is 5.80. The summed E-state index contributed by atoms with van der Waals surface area (Å²) in [6, 6.07) is 6.53. The van der Waals surface area contributed by atoms with E-state index >= 15 is 0 Å². The van der Waals surface area contributed by atoms with Gasteiger partial charge in [0.15, 0.2) is 5.78 Å².